The predicted molar refractivity (Wildman–Crippen MR) is 164 cm³/mol. The molecular weight excluding hydrogens is 524 g/mol. The van der Waals surface area contributed by atoms with Gasteiger partial charge in [-0.25, -0.2) is 0 Å². The first kappa shape index (κ1) is 29.4. The van der Waals surface area contributed by atoms with Crippen molar-refractivity contribution in [1.29, 1.82) is 0 Å². The van der Waals surface area contributed by atoms with Crippen molar-refractivity contribution in [3.8, 4) is 0 Å². The number of hydrogen-bond donors (Lipinski definition) is 1. The Hall–Kier alpha value is -2.63. The zero-order chi connectivity index (χ0) is 30.2. The van der Waals surface area contributed by atoms with Crippen LogP contribution in [0.1, 0.15) is 120 Å². The number of fused-ring (bicyclic) bond motifs is 7. The Morgan fingerprint density at radius 3 is 2.24 bits per heavy atom. The highest BCUT2D eigenvalue weighted by atomic mass is 16.3. The fourth-order valence-electron chi connectivity index (χ4n) is 11.4. The van der Waals surface area contributed by atoms with Crippen molar-refractivity contribution in [2.45, 2.75) is 105 Å². The fourth-order valence-corrected chi connectivity index (χ4v) is 11.4. The van der Waals surface area contributed by atoms with E-state index in [1.165, 1.54) is 43.7 Å². The van der Waals surface area contributed by atoms with Crippen LogP contribution in [0.15, 0.2) is 41.1 Å². The fraction of sp³-hybridized carbons (Fsp3) is 0.694. The lowest BCUT2D eigenvalue weighted by molar-refractivity contribution is -0.172. The second kappa shape index (κ2) is 9.95. The molecule has 9 atom stereocenters. The molecule has 0 spiro atoms. The van der Waals surface area contributed by atoms with Gasteiger partial charge in [0, 0.05) is 17.1 Å². The number of rotatable bonds is 3. The lowest BCUT2D eigenvalue weighted by Crippen LogP contribution is -2.65. The third-order valence-corrected chi connectivity index (χ3v) is 13.5. The Bertz CT molecular complexity index is 1360. The minimum Gasteiger partial charge on any atom is -0.349 e. The summed E-state index contributed by atoms with van der Waals surface area (Å²) in [5.41, 5.74) is 1.61. The molecule has 4 fully saturated rings. The topological polar surface area (TPSA) is 92.7 Å². The quantitative estimate of drug-likeness (QED) is 0.373. The Morgan fingerprint density at radius 2 is 1.52 bits per heavy atom. The van der Waals surface area contributed by atoms with Gasteiger partial charge in [-0.1, -0.05) is 65.7 Å². The number of allylic oxidation sites excluding steroid dienone is 2. The SMILES string of the molecule is CC1CCC2(C)CCC3C(=CC(=O)C4C3(C)CCC3C(C)(C)C(NC(=O)c5ccccc5C(=O)N=O)CCC34C)C2C1. The average molecular weight is 573 g/mol. The molecule has 0 bridgehead atoms. The zero-order valence-electron chi connectivity index (χ0n) is 26.3. The second-order valence-corrected chi connectivity index (χ2v) is 16.1. The van der Waals surface area contributed by atoms with Crippen LogP contribution in [0, 0.1) is 56.2 Å². The smallest absolute Gasteiger partial charge is 0.317 e. The van der Waals surface area contributed by atoms with Crippen LogP contribution in [-0.4, -0.2) is 23.6 Å². The van der Waals surface area contributed by atoms with Gasteiger partial charge < -0.3 is 5.32 Å². The van der Waals surface area contributed by atoms with E-state index in [0.29, 0.717) is 23.0 Å². The lowest BCUT2D eigenvalue weighted by Gasteiger charge is -2.67. The van der Waals surface area contributed by atoms with Gasteiger partial charge >= 0.3 is 5.91 Å². The molecule has 42 heavy (non-hydrogen) atoms. The summed E-state index contributed by atoms with van der Waals surface area (Å²) >= 11 is 0. The van der Waals surface area contributed by atoms with Crippen LogP contribution in [0.25, 0.3) is 0 Å². The van der Waals surface area contributed by atoms with E-state index in [-0.39, 0.29) is 51.2 Å². The third kappa shape index (κ3) is 4.21. The number of nitrogens with zero attached hydrogens (tertiary/aromatic N) is 1. The standard InChI is InChI=1S/C36H48N2O4/c1-21-11-15-34(4)16-12-25-24(26(34)19-21)20-27(39)30-35(25,5)17-13-28-33(2,3)29(14-18-36(28,30)6)37-31(40)22-9-7-8-10-23(22)32(41)38-42/h7-10,20-21,25-26,28-30H,11-19H2,1-6H3,(H,37,40). The molecule has 0 heterocycles. The summed E-state index contributed by atoms with van der Waals surface area (Å²) in [5, 5.41) is 5.79. The van der Waals surface area contributed by atoms with Gasteiger partial charge in [0.05, 0.1) is 11.1 Å². The second-order valence-electron chi connectivity index (χ2n) is 16.1. The maximum Gasteiger partial charge on any atom is 0.317 e. The first-order valence-electron chi connectivity index (χ1n) is 16.3. The summed E-state index contributed by atoms with van der Waals surface area (Å²) in [6.45, 7) is 14.2. The van der Waals surface area contributed by atoms with E-state index in [0.717, 1.165) is 31.6 Å². The average Bonchev–Trinajstić information content (AvgIpc) is 2.94. The molecule has 1 aromatic carbocycles. The van der Waals surface area contributed by atoms with Crippen molar-refractivity contribution in [2.75, 3.05) is 0 Å². The van der Waals surface area contributed by atoms with Crippen LogP contribution in [0.3, 0.4) is 0 Å². The summed E-state index contributed by atoms with van der Waals surface area (Å²) in [6.07, 6.45) is 12.1. The summed E-state index contributed by atoms with van der Waals surface area (Å²) < 4.78 is 0. The van der Waals surface area contributed by atoms with Gasteiger partial charge in [0.2, 0.25) is 0 Å². The van der Waals surface area contributed by atoms with Gasteiger partial charge in [0.15, 0.2) is 5.78 Å². The number of nitrogens with one attached hydrogen (secondary N) is 1. The maximum absolute atomic E-state index is 14.4. The van der Waals surface area contributed by atoms with Crippen molar-refractivity contribution in [2.24, 2.45) is 56.4 Å². The molecule has 1 N–H and O–H groups in total. The van der Waals surface area contributed by atoms with Crippen molar-refractivity contribution >= 4 is 17.6 Å². The van der Waals surface area contributed by atoms with E-state index in [1.54, 1.807) is 18.2 Å². The van der Waals surface area contributed by atoms with Crippen LogP contribution in [0.2, 0.25) is 0 Å². The first-order chi connectivity index (χ1) is 19.8. The number of amides is 2. The number of ketones is 1. The highest BCUT2D eigenvalue weighted by Gasteiger charge is 2.66. The number of carbonyl (C=O) groups is 3. The molecule has 2 amide bonds. The summed E-state index contributed by atoms with van der Waals surface area (Å²) in [5.74, 6) is 1.10. The molecule has 0 aliphatic heterocycles. The normalized spacial score (nSPS) is 42.1. The monoisotopic (exact) mass is 572 g/mol. The number of benzene rings is 1. The van der Waals surface area contributed by atoms with Crippen molar-refractivity contribution in [3.05, 3.63) is 51.9 Å². The Kier molecular flexibility index (Phi) is 6.98. The minimum absolute atomic E-state index is 0.00388. The maximum atomic E-state index is 14.4. The molecule has 5 aliphatic rings. The summed E-state index contributed by atoms with van der Waals surface area (Å²) in [4.78, 5) is 50.9. The Morgan fingerprint density at radius 1 is 0.857 bits per heavy atom. The summed E-state index contributed by atoms with van der Waals surface area (Å²) in [7, 11) is 0. The lowest BCUT2D eigenvalue weighted by atomic mass is 9.37. The molecule has 9 unspecified atom stereocenters. The third-order valence-electron chi connectivity index (χ3n) is 13.5. The van der Waals surface area contributed by atoms with Gasteiger partial charge in [-0.05, 0) is 115 Å². The largest absolute Gasteiger partial charge is 0.349 e. The van der Waals surface area contributed by atoms with E-state index in [2.05, 4.69) is 58.1 Å². The van der Waals surface area contributed by atoms with Gasteiger partial charge in [-0.15, -0.1) is 4.91 Å². The van der Waals surface area contributed by atoms with E-state index < -0.39 is 5.91 Å². The van der Waals surface area contributed by atoms with E-state index in [1.807, 2.05) is 0 Å². The molecule has 6 rings (SSSR count). The van der Waals surface area contributed by atoms with Crippen LogP contribution < -0.4 is 5.32 Å². The molecule has 5 aliphatic carbocycles. The number of hydrogen-bond acceptors (Lipinski definition) is 4. The molecule has 6 heteroatoms. The van der Waals surface area contributed by atoms with Gasteiger partial charge in [-0.2, -0.15) is 0 Å². The predicted octanol–water partition coefficient (Wildman–Crippen LogP) is 7.91. The highest BCUT2D eigenvalue weighted by molar-refractivity contribution is 6.07. The molecule has 6 nitrogen and oxygen atoms in total. The molecule has 1 aromatic rings. The van der Waals surface area contributed by atoms with E-state index in [4.69, 9.17) is 0 Å². The number of nitroso groups, excluding NO2 is 1. The molecule has 0 radical (unpaired) electrons. The van der Waals surface area contributed by atoms with Crippen molar-refractivity contribution < 1.29 is 14.4 Å². The molecule has 4 saturated carbocycles. The van der Waals surface area contributed by atoms with Gasteiger partial charge in [0.25, 0.3) is 5.91 Å². The van der Waals surface area contributed by atoms with Crippen LogP contribution in [-0.2, 0) is 4.79 Å². The number of carbonyl (C=O) groups excluding carboxylic acids is 3. The van der Waals surface area contributed by atoms with E-state index >= 15 is 0 Å². The van der Waals surface area contributed by atoms with Crippen molar-refractivity contribution in [1.82, 2.24) is 5.32 Å². The van der Waals surface area contributed by atoms with Crippen LogP contribution in [0.5, 0.6) is 0 Å². The first-order valence-corrected chi connectivity index (χ1v) is 16.3. The van der Waals surface area contributed by atoms with Gasteiger partial charge in [0.1, 0.15) is 0 Å². The highest BCUT2D eigenvalue weighted by Crippen LogP contribution is 2.70. The Balaban J connectivity index is 1.29. The molecule has 226 valence electrons. The molecule has 0 saturated heterocycles. The van der Waals surface area contributed by atoms with Crippen LogP contribution in [0.4, 0.5) is 0 Å². The molecule has 0 aromatic heterocycles. The molecular formula is C36H48N2O4. The van der Waals surface area contributed by atoms with E-state index in [9.17, 15) is 19.3 Å². The van der Waals surface area contributed by atoms with Crippen LogP contribution >= 0.6 is 0 Å². The Labute approximate surface area is 250 Å². The minimum atomic E-state index is -0.934. The zero-order valence-corrected chi connectivity index (χ0v) is 26.3. The van der Waals surface area contributed by atoms with Gasteiger partial charge in [-0.3, -0.25) is 14.4 Å². The summed E-state index contributed by atoms with van der Waals surface area (Å²) in [6, 6.07) is 6.27. The van der Waals surface area contributed by atoms with Crippen molar-refractivity contribution in [3.63, 3.8) is 0 Å².